The number of hydrogen-bond donors (Lipinski definition) is 1. The van der Waals surface area contributed by atoms with E-state index < -0.39 is 0 Å². The first-order valence-corrected chi connectivity index (χ1v) is 7.65. The van der Waals surface area contributed by atoms with Crippen LogP contribution in [0.3, 0.4) is 0 Å². The summed E-state index contributed by atoms with van der Waals surface area (Å²) in [7, 11) is 0. The molecule has 2 rings (SSSR count). The van der Waals surface area contributed by atoms with Crippen LogP contribution < -0.4 is 5.32 Å². The Morgan fingerprint density at radius 2 is 1.85 bits per heavy atom. The maximum absolute atomic E-state index is 5.44. The molecule has 1 atom stereocenters. The van der Waals surface area contributed by atoms with Crippen LogP contribution in [-0.2, 0) is 4.74 Å². The molecule has 2 heteroatoms. The second-order valence-electron chi connectivity index (χ2n) is 5.06. The number of nitrogens with one attached hydrogen (secondary N) is 1. The van der Waals surface area contributed by atoms with Gasteiger partial charge in [0.2, 0.25) is 0 Å². The van der Waals surface area contributed by atoms with Crippen LogP contribution in [-0.4, -0.2) is 19.8 Å². The maximum atomic E-state index is 5.44. The minimum atomic E-state index is 0.421. The quantitative estimate of drug-likeness (QED) is 0.722. The zero-order valence-electron chi connectivity index (χ0n) is 12.6. The van der Waals surface area contributed by atoms with Gasteiger partial charge in [-0.25, -0.2) is 0 Å². The average Bonchev–Trinajstić information content (AvgIpc) is 2.50. The van der Waals surface area contributed by atoms with Crippen LogP contribution in [0.5, 0.6) is 0 Å². The fraction of sp³-hybridized carbons (Fsp3) is 0.444. The minimum Gasteiger partial charge on any atom is -0.382 e. The molecule has 0 radical (unpaired) electrons. The number of benzene rings is 2. The molecule has 0 aliphatic heterocycles. The molecule has 0 bridgehead atoms. The van der Waals surface area contributed by atoms with Crippen molar-refractivity contribution < 1.29 is 4.74 Å². The molecule has 0 aliphatic rings. The normalized spacial score (nSPS) is 12.7. The van der Waals surface area contributed by atoms with Gasteiger partial charge in [-0.15, -0.1) is 0 Å². The summed E-state index contributed by atoms with van der Waals surface area (Å²) >= 11 is 0. The van der Waals surface area contributed by atoms with Crippen LogP contribution in [0.4, 0.5) is 0 Å². The van der Waals surface area contributed by atoms with Crippen molar-refractivity contribution in [1.29, 1.82) is 0 Å². The second-order valence-corrected chi connectivity index (χ2v) is 5.06. The third-order valence-electron chi connectivity index (χ3n) is 3.61. The minimum absolute atomic E-state index is 0.421. The van der Waals surface area contributed by atoms with Crippen molar-refractivity contribution >= 4 is 10.8 Å². The summed E-state index contributed by atoms with van der Waals surface area (Å²) in [6.07, 6.45) is 2.21. The summed E-state index contributed by atoms with van der Waals surface area (Å²) in [6, 6.07) is 15.7. The lowest BCUT2D eigenvalue weighted by atomic mass is 9.98. The molecule has 0 saturated heterocycles. The molecule has 0 fully saturated rings. The van der Waals surface area contributed by atoms with Crippen molar-refractivity contribution in [2.24, 2.45) is 0 Å². The molecule has 0 spiro atoms. The van der Waals surface area contributed by atoms with Gasteiger partial charge in [-0.2, -0.15) is 0 Å². The van der Waals surface area contributed by atoms with E-state index in [0.29, 0.717) is 6.04 Å². The third-order valence-corrected chi connectivity index (χ3v) is 3.61. The van der Waals surface area contributed by atoms with Gasteiger partial charge >= 0.3 is 0 Å². The Morgan fingerprint density at radius 3 is 2.60 bits per heavy atom. The summed E-state index contributed by atoms with van der Waals surface area (Å²) in [4.78, 5) is 0. The Labute approximate surface area is 122 Å². The molecule has 1 unspecified atom stereocenters. The van der Waals surface area contributed by atoms with Crippen LogP contribution in [0.2, 0.25) is 0 Å². The summed E-state index contributed by atoms with van der Waals surface area (Å²) in [6.45, 7) is 6.86. The molecule has 1 N–H and O–H groups in total. The molecule has 0 aliphatic carbocycles. The lowest BCUT2D eigenvalue weighted by Gasteiger charge is -2.19. The third kappa shape index (κ3) is 4.06. The van der Waals surface area contributed by atoms with E-state index in [1.165, 1.54) is 16.3 Å². The Hall–Kier alpha value is -1.38. The average molecular weight is 271 g/mol. The van der Waals surface area contributed by atoms with Crippen molar-refractivity contribution in [2.75, 3.05) is 19.8 Å². The first kappa shape index (κ1) is 15.0. The van der Waals surface area contributed by atoms with Gasteiger partial charge in [-0.1, -0.05) is 43.3 Å². The standard InChI is InChI=1S/C18H25NO/c1-3-19-18(10-7-13-20-4-2)17-12-11-15-8-5-6-9-16(15)14-17/h5-6,8-9,11-12,14,18-19H,3-4,7,10,13H2,1-2H3. The number of fused-ring (bicyclic) bond motifs is 1. The summed E-state index contributed by atoms with van der Waals surface area (Å²) in [5.74, 6) is 0. The summed E-state index contributed by atoms with van der Waals surface area (Å²) < 4.78 is 5.44. The molecular weight excluding hydrogens is 246 g/mol. The fourth-order valence-corrected chi connectivity index (χ4v) is 2.59. The Morgan fingerprint density at radius 1 is 1.05 bits per heavy atom. The van der Waals surface area contributed by atoms with Crippen molar-refractivity contribution in [3.8, 4) is 0 Å². The van der Waals surface area contributed by atoms with Crippen LogP contribution in [0, 0.1) is 0 Å². The molecule has 0 saturated carbocycles. The van der Waals surface area contributed by atoms with Crippen molar-refractivity contribution in [2.45, 2.75) is 32.7 Å². The smallest absolute Gasteiger partial charge is 0.0466 e. The SMILES string of the molecule is CCNC(CCCOCC)c1ccc2ccccc2c1. The Balaban J connectivity index is 2.09. The highest BCUT2D eigenvalue weighted by Crippen LogP contribution is 2.23. The van der Waals surface area contributed by atoms with Crippen LogP contribution in [0.15, 0.2) is 42.5 Å². The van der Waals surface area contributed by atoms with Crippen LogP contribution in [0.1, 0.15) is 38.3 Å². The molecular formula is C18H25NO. The largest absolute Gasteiger partial charge is 0.382 e. The van der Waals surface area contributed by atoms with Crippen LogP contribution in [0.25, 0.3) is 10.8 Å². The zero-order chi connectivity index (χ0) is 14.2. The maximum Gasteiger partial charge on any atom is 0.0466 e. The van der Waals surface area contributed by atoms with E-state index in [4.69, 9.17) is 4.74 Å². The van der Waals surface area contributed by atoms with Crippen molar-refractivity contribution in [1.82, 2.24) is 5.32 Å². The lowest BCUT2D eigenvalue weighted by Crippen LogP contribution is -2.21. The topological polar surface area (TPSA) is 21.3 Å². The molecule has 20 heavy (non-hydrogen) atoms. The van der Waals surface area contributed by atoms with Gasteiger partial charge in [-0.05, 0) is 48.7 Å². The van der Waals surface area contributed by atoms with E-state index in [1.807, 2.05) is 6.92 Å². The van der Waals surface area contributed by atoms with E-state index in [1.54, 1.807) is 0 Å². The molecule has 2 aromatic carbocycles. The van der Waals surface area contributed by atoms with Gasteiger partial charge < -0.3 is 10.1 Å². The van der Waals surface area contributed by atoms with Gasteiger partial charge in [-0.3, -0.25) is 0 Å². The molecule has 0 heterocycles. The Kier molecular flexibility index (Phi) is 6.03. The summed E-state index contributed by atoms with van der Waals surface area (Å²) in [5.41, 5.74) is 1.38. The molecule has 2 aromatic rings. The van der Waals surface area contributed by atoms with Crippen molar-refractivity contribution in [3.63, 3.8) is 0 Å². The molecule has 0 aromatic heterocycles. The summed E-state index contributed by atoms with van der Waals surface area (Å²) in [5, 5.41) is 6.21. The van der Waals surface area contributed by atoms with Gasteiger partial charge in [0.15, 0.2) is 0 Å². The van der Waals surface area contributed by atoms with Crippen LogP contribution >= 0.6 is 0 Å². The number of ether oxygens (including phenoxy) is 1. The highest BCUT2D eigenvalue weighted by molar-refractivity contribution is 5.83. The monoisotopic (exact) mass is 271 g/mol. The fourth-order valence-electron chi connectivity index (χ4n) is 2.59. The predicted octanol–water partition coefficient (Wildman–Crippen LogP) is 4.31. The van der Waals surface area contributed by atoms with E-state index in [2.05, 4.69) is 54.7 Å². The van der Waals surface area contributed by atoms with Gasteiger partial charge in [0.05, 0.1) is 0 Å². The van der Waals surface area contributed by atoms with E-state index in [-0.39, 0.29) is 0 Å². The lowest BCUT2D eigenvalue weighted by molar-refractivity contribution is 0.141. The van der Waals surface area contributed by atoms with E-state index in [0.717, 1.165) is 32.6 Å². The predicted molar refractivity (Wildman–Crippen MR) is 86.1 cm³/mol. The highest BCUT2D eigenvalue weighted by atomic mass is 16.5. The van der Waals surface area contributed by atoms with E-state index in [9.17, 15) is 0 Å². The highest BCUT2D eigenvalue weighted by Gasteiger charge is 2.10. The van der Waals surface area contributed by atoms with Gasteiger partial charge in [0.1, 0.15) is 0 Å². The molecule has 108 valence electrons. The molecule has 2 nitrogen and oxygen atoms in total. The zero-order valence-corrected chi connectivity index (χ0v) is 12.6. The first-order valence-electron chi connectivity index (χ1n) is 7.65. The van der Waals surface area contributed by atoms with Gasteiger partial charge in [0.25, 0.3) is 0 Å². The second kappa shape index (κ2) is 8.03. The van der Waals surface area contributed by atoms with Gasteiger partial charge in [0, 0.05) is 19.3 Å². The van der Waals surface area contributed by atoms with E-state index >= 15 is 0 Å². The number of rotatable bonds is 8. The molecule has 0 amide bonds. The first-order chi connectivity index (χ1) is 9.85. The van der Waals surface area contributed by atoms with Crippen molar-refractivity contribution in [3.05, 3.63) is 48.0 Å². The Bertz CT molecular complexity index is 524. The number of hydrogen-bond acceptors (Lipinski definition) is 2.